The Labute approximate surface area is 102 Å². The van der Waals surface area contributed by atoms with E-state index < -0.39 is 17.9 Å². The molecule has 6 nitrogen and oxygen atoms in total. The Morgan fingerprint density at radius 1 is 1.39 bits per heavy atom. The van der Waals surface area contributed by atoms with Crippen molar-refractivity contribution in [1.29, 1.82) is 0 Å². The summed E-state index contributed by atoms with van der Waals surface area (Å²) in [6.07, 6.45) is 0. The number of carbonyl (C=O) groups is 2. The van der Waals surface area contributed by atoms with Crippen molar-refractivity contribution in [2.75, 3.05) is 0 Å². The van der Waals surface area contributed by atoms with E-state index in [0.717, 1.165) is 0 Å². The minimum atomic E-state index is -1.11. The Bertz CT molecular complexity index is 618. The average Bonchev–Trinajstić information content (AvgIpc) is 2.74. The van der Waals surface area contributed by atoms with Gasteiger partial charge in [0.05, 0.1) is 0 Å². The molecular weight excluding hydrogens is 236 g/mol. The second-order valence-corrected chi connectivity index (χ2v) is 3.95. The van der Waals surface area contributed by atoms with Crippen LogP contribution in [0.3, 0.4) is 0 Å². The van der Waals surface area contributed by atoms with Crippen LogP contribution in [0.4, 0.5) is 0 Å². The topological polar surface area (TPSA) is 102 Å². The monoisotopic (exact) mass is 248 g/mol. The van der Waals surface area contributed by atoms with Crippen LogP contribution in [0.25, 0.3) is 10.9 Å². The van der Waals surface area contributed by atoms with Gasteiger partial charge in [-0.1, -0.05) is 6.07 Å². The highest BCUT2D eigenvalue weighted by molar-refractivity contribution is 6.00. The van der Waals surface area contributed by atoms with E-state index in [1.165, 1.54) is 19.1 Å². The molecule has 0 spiro atoms. The Morgan fingerprint density at radius 2 is 2.11 bits per heavy atom. The summed E-state index contributed by atoms with van der Waals surface area (Å²) in [5.41, 5.74) is 0.822. The number of rotatable bonds is 3. The summed E-state index contributed by atoms with van der Waals surface area (Å²) in [4.78, 5) is 25.2. The molecule has 4 N–H and O–H groups in total. The Hall–Kier alpha value is -2.50. The molecular formula is C12H12N2O4. The molecule has 0 saturated heterocycles. The fourth-order valence-corrected chi connectivity index (χ4v) is 1.60. The number of benzene rings is 1. The first-order chi connectivity index (χ1) is 8.49. The summed E-state index contributed by atoms with van der Waals surface area (Å²) < 4.78 is 0. The maximum Gasteiger partial charge on any atom is 0.325 e. The van der Waals surface area contributed by atoms with Crippen LogP contribution in [0.2, 0.25) is 0 Å². The van der Waals surface area contributed by atoms with Crippen molar-refractivity contribution in [3.05, 3.63) is 30.0 Å². The smallest absolute Gasteiger partial charge is 0.325 e. The normalized spacial score (nSPS) is 12.3. The van der Waals surface area contributed by atoms with E-state index in [9.17, 15) is 14.7 Å². The van der Waals surface area contributed by atoms with Crippen LogP contribution in [0.1, 0.15) is 17.4 Å². The molecule has 0 unspecified atom stereocenters. The number of carbonyl (C=O) groups excluding carboxylic acids is 1. The fourth-order valence-electron chi connectivity index (χ4n) is 1.60. The molecule has 0 aliphatic carbocycles. The van der Waals surface area contributed by atoms with Crippen molar-refractivity contribution in [1.82, 2.24) is 10.3 Å². The van der Waals surface area contributed by atoms with Gasteiger partial charge in [0.1, 0.15) is 17.5 Å². The number of aromatic amines is 1. The van der Waals surface area contributed by atoms with E-state index in [4.69, 9.17) is 5.11 Å². The molecule has 0 fully saturated rings. The standard InChI is InChI=1S/C12H12N2O4/c1-6(12(17)18)13-11(16)9-5-7-8(14-9)3-2-4-10(7)15/h2-6,14-15H,1H3,(H,13,16)(H,17,18)/t6-/m0/s1. The molecule has 1 amide bonds. The van der Waals surface area contributed by atoms with E-state index in [0.29, 0.717) is 10.9 Å². The van der Waals surface area contributed by atoms with Gasteiger partial charge in [-0.3, -0.25) is 9.59 Å². The van der Waals surface area contributed by atoms with Crippen LogP contribution < -0.4 is 5.32 Å². The number of phenolic OH excluding ortho intramolecular Hbond substituents is 1. The number of aliphatic carboxylic acids is 1. The van der Waals surface area contributed by atoms with Gasteiger partial charge in [-0.15, -0.1) is 0 Å². The van der Waals surface area contributed by atoms with Crippen molar-refractivity contribution >= 4 is 22.8 Å². The number of amides is 1. The van der Waals surface area contributed by atoms with Crippen molar-refractivity contribution in [3.63, 3.8) is 0 Å². The Kier molecular flexibility index (Phi) is 2.93. The van der Waals surface area contributed by atoms with Gasteiger partial charge >= 0.3 is 5.97 Å². The van der Waals surface area contributed by atoms with E-state index in [1.54, 1.807) is 12.1 Å². The number of nitrogens with one attached hydrogen (secondary N) is 2. The Balaban J connectivity index is 2.29. The lowest BCUT2D eigenvalue weighted by molar-refractivity contribution is -0.138. The number of phenols is 1. The van der Waals surface area contributed by atoms with Crippen LogP contribution in [0, 0.1) is 0 Å². The van der Waals surface area contributed by atoms with E-state index in [2.05, 4.69) is 10.3 Å². The van der Waals surface area contributed by atoms with E-state index in [-0.39, 0.29) is 11.4 Å². The van der Waals surface area contributed by atoms with Gasteiger partial charge in [-0.25, -0.2) is 0 Å². The van der Waals surface area contributed by atoms with Gasteiger partial charge in [-0.2, -0.15) is 0 Å². The number of hydrogen-bond donors (Lipinski definition) is 4. The van der Waals surface area contributed by atoms with E-state index >= 15 is 0 Å². The lowest BCUT2D eigenvalue weighted by Crippen LogP contribution is -2.38. The number of aromatic nitrogens is 1. The summed E-state index contributed by atoms with van der Waals surface area (Å²) in [6.45, 7) is 1.38. The number of H-pyrrole nitrogens is 1. The molecule has 1 heterocycles. The SMILES string of the molecule is C[C@H](NC(=O)c1cc2c(O)cccc2[nH]1)C(=O)O. The maximum atomic E-state index is 11.8. The Morgan fingerprint density at radius 3 is 2.72 bits per heavy atom. The summed E-state index contributed by atoms with van der Waals surface area (Å²) in [6, 6.07) is 5.38. The van der Waals surface area contributed by atoms with E-state index in [1.807, 2.05) is 0 Å². The van der Waals surface area contributed by atoms with Gasteiger partial charge in [0.25, 0.3) is 5.91 Å². The number of fused-ring (bicyclic) bond motifs is 1. The first kappa shape index (κ1) is 12.0. The first-order valence-corrected chi connectivity index (χ1v) is 5.33. The van der Waals surface area contributed by atoms with Crippen LogP contribution in [-0.2, 0) is 4.79 Å². The average molecular weight is 248 g/mol. The third kappa shape index (κ3) is 2.13. The van der Waals surface area contributed by atoms with Crippen molar-refractivity contribution in [2.45, 2.75) is 13.0 Å². The molecule has 1 aromatic heterocycles. The number of aromatic hydroxyl groups is 1. The lowest BCUT2D eigenvalue weighted by atomic mass is 10.2. The highest BCUT2D eigenvalue weighted by Crippen LogP contribution is 2.24. The third-order valence-electron chi connectivity index (χ3n) is 2.60. The van der Waals surface area contributed by atoms with Gasteiger partial charge in [0.15, 0.2) is 0 Å². The maximum absolute atomic E-state index is 11.8. The lowest BCUT2D eigenvalue weighted by Gasteiger charge is -2.07. The second-order valence-electron chi connectivity index (χ2n) is 3.95. The molecule has 94 valence electrons. The highest BCUT2D eigenvalue weighted by atomic mass is 16.4. The molecule has 6 heteroatoms. The summed E-state index contributed by atoms with van der Waals surface area (Å²) >= 11 is 0. The zero-order valence-corrected chi connectivity index (χ0v) is 9.60. The van der Waals surface area contributed by atoms with Crippen LogP contribution in [0.5, 0.6) is 5.75 Å². The van der Waals surface area contributed by atoms with Crippen molar-refractivity contribution < 1.29 is 19.8 Å². The van der Waals surface area contributed by atoms with Crippen molar-refractivity contribution in [2.24, 2.45) is 0 Å². The second kappa shape index (κ2) is 4.40. The molecule has 0 radical (unpaired) electrons. The van der Waals surface area contributed by atoms with Gasteiger partial charge < -0.3 is 20.5 Å². The van der Waals surface area contributed by atoms with Crippen LogP contribution in [-0.4, -0.2) is 33.1 Å². The molecule has 1 atom stereocenters. The largest absolute Gasteiger partial charge is 0.507 e. The number of carboxylic acids is 1. The predicted octanol–water partition coefficient (Wildman–Crippen LogP) is 1.08. The quantitative estimate of drug-likeness (QED) is 0.652. The molecule has 0 aliphatic rings. The molecule has 2 rings (SSSR count). The molecule has 18 heavy (non-hydrogen) atoms. The summed E-state index contributed by atoms with van der Waals surface area (Å²) in [5, 5.41) is 21.1. The highest BCUT2D eigenvalue weighted by Gasteiger charge is 2.17. The molecule has 0 saturated carbocycles. The number of carboxylic acid groups (broad SMARTS) is 1. The molecule has 0 aliphatic heterocycles. The molecule has 1 aromatic carbocycles. The first-order valence-electron chi connectivity index (χ1n) is 5.33. The van der Waals surface area contributed by atoms with Gasteiger partial charge in [0, 0.05) is 10.9 Å². The minimum absolute atomic E-state index is 0.0640. The van der Waals surface area contributed by atoms with Crippen LogP contribution >= 0.6 is 0 Å². The predicted molar refractivity (Wildman–Crippen MR) is 64.5 cm³/mol. The molecule has 2 aromatic rings. The number of hydrogen-bond acceptors (Lipinski definition) is 3. The van der Waals surface area contributed by atoms with Crippen LogP contribution in [0.15, 0.2) is 24.3 Å². The minimum Gasteiger partial charge on any atom is -0.507 e. The zero-order valence-electron chi connectivity index (χ0n) is 9.60. The molecule has 0 bridgehead atoms. The van der Waals surface area contributed by atoms with Gasteiger partial charge in [-0.05, 0) is 25.1 Å². The van der Waals surface area contributed by atoms with Crippen molar-refractivity contribution in [3.8, 4) is 5.75 Å². The summed E-state index contributed by atoms with van der Waals surface area (Å²) in [7, 11) is 0. The third-order valence-corrected chi connectivity index (χ3v) is 2.60. The summed E-state index contributed by atoms with van der Waals surface area (Å²) in [5.74, 6) is -1.57. The zero-order chi connectivity index (χ0) is 13.3. The van der Waals surface area contributed by atoms with Gasteiger partial charge in [0.2, 0.25) is 0 Å². The fraction of sp³-hybridized carbons (Fsp3) is 0.167.